The van der Waals surface area contributed by atoms with Gasteiger partial charge in [-0.3, -0.25) is 0 Å². The third kappa shape index (κ3) is 3.88. The molecule has 3 rings (SSSR count). The predicted molar refractivity (Wildman–Crippen MR) is 88.3 cm³/mol. The lowest BCUT2D eigenvalue weighted by Gasteiger charge is -2.37. The van der Waals surface area contributed by atoms with Gasteiger partial charge in [0.25, 0.3) is 0 Å². The van der Waals surface area contributed by atoms with E-state index in [4.69, 9.17) is 4.74 Å². The van der Waals surface area contributed by atoms with Gasteiger partial charge < -0.3 is 4.74 Å². The van der Waals surface area contributed by atoms with E-state index >= 15 is 0 Å². The number of ether oxygens (including phenoxy) is 1. The van der Waals surface area contributed by atoms with Gasteiger partial charge in [-0.15, -0.1) is 0 Å². The van der Waals surface area contributed by atoms with Crippen molar-refractivity contribution in [2.45, 2.75) is 70.3 Å². The van der Waals surface area contributed by atoms with E-state index in [9.17, 15) is 0 Å². The Morgan fingerprint density at radius 3 is 2.10 bits per heavy atom. The van der Waals surface area contributed by atoms with Crippen molar-refractivity contribution in [2.24, 2.45) is 5.92 Å². The van der Waals surface area contributed by atoms with Crippen LogP contribution in [0.4, 0.5) is 0 Å². The number of rotatable bonds is 4. The smallest absolute Gasteiger partial charge is 0.0575 e. The van der Waals surface area contributed by atoms with Crippen molar-refractivity contribution in [3.8, 4) is 0 Å². The van der Waals surface area contributed by atoms with Gasteiger partial charge in [0.15, 0.2) is 0 Å². The first-order chi connectivity index (χ1) is 10.4. The Morgan fingerprint density at radius 1 is 0.857 bits per heavy atom. The molecule has 2 aliphatic rings. The summed E-state index contributed by atoms with van der Waals surface area (Å²) in [6.07, 6.45) is 11.3. The van der Waals surface area contributed by atoms with Gasteiger partial charge in [0.1, 0.15) is 0 Å². The summed E-state index contributed by atoms with van der Waals surface area (Å²) in [6.45, 7) is 2.99. The van der Waals surface area contributed by atoms with Gasteiger partial charge in [-0.25, -0.2) is 0 Å². The fourth-order valence-electron chi connectivity index (χ4n) is 4.33. The van der Waals surface area contributed by atoms with Crippen LogP contribution < -0.4 is 0 Å². The van der Waals surface area contributed by atoms with Crippen molar-refractivity contribution in [3.05, 3.63) is 41.8 Å². The molecule has 2 aliphatic carbocycles. The molecule has 1 aromatic rings. The SMILES string of the molecule is CCOC1CC[C]([C@H]2CC[C@H](c3ccccc3)CC2)CC1. The number of benzene rings is 1. The van der Waals surface area contributed by atoms with E-state index in [2.05, 4.69) is 37.3 Å². The van der Waals surface area contributed by atoms with E-state index in [-0.39, 0.29) is 0 Å². The number of hydrogen-bond acceptors (Lipinski definition) is 1. The molecule has 0 unspecified atom stereocenters. The molecule has 1 radical (unpaired) electrons. The molecule has 115 valence electrons. The molecule has 1 aromatic carbocycles. The summed E-state index contributed by atoms with van der Waals surface area (Å²) >= 11 is 0. The molecule has 0 aromatic heterocycles. The molecule has 2 saturated carbocycles. The molecule has 0 aliphatic heterocycles. The van der Waals surface area contributed by atoms with E-state index in [0.717, 1.165) is 18.4 Å². The molecule has 2 fully saturated rings. The van der Waals surface area contributed by atoms with Crippen LogP contribution in [0.1, 0.15) is 69.8 Å². The first-order valence-electron chi connectivity index (χ1n) is 8.88. The second-order valence-corrected chi connectivity index (χ2v) is 6.77. The van der Waals surface area contributed by atoms with Crippen molar-refractivity contribution in [2.75, 3.05) is 6.61 Å². The highest BCUT2D eigenvalue weighted by atomic mass is 16.5. The maximum absolute atomic E-state index is 5.78. The van der Waals surface area contributed by atoms with Crippen LogP contribution in [-0.4, -0.2) is 12.7 Å². The lowest BCUT2D eigenvalue weighted by molar-refractivity contribution is 0.0364. The summed E-state index contributed by atoms with van der Waals surface area (Å²) in [5.74, 6) is 3.58. The molecule has 0 bridgehead atoms. The van der Waals surface area contributed by atoms with Crippen LogP contribution in [0.5, 0.6) is 0 Å². The Labute approximate surface area is 130 Å². The Bertz CT molecular complexity index is 397. The van der Waals surface area contributed by atoms with Crippen LogP contribution in [0.3, 0.4) is 0 Å². The second-order valence-electron chi connectivity index (χ2n) is 6.77. The molecule has 0 N–H and O–H groups in total. The lowest BCUT2D eigenvalue weighted by atomic mass is 9.69. The monoisotopic (exact) mass is 285 g/mol. The van der Waals surface area contributed by atoms with Crippen LogP contribution in [0.15, 0.2) is 30.3 Å². The summed E-state index contributed by atoms with van der Waals surface area (Å²) in [5.41, 5.74) is 1.56. The minimum absolute atomic E-state index is 0.541. The minimum atomic E-state index is 0.541. The minimum Gasteiger partial charge on any atom is -0.379 e. The average Bonchev–Trinajstić information content (AvgIpc) is 2.57. The summed E-state index contributed by atoms with van der Waals surface area (Å²) in [5, 5.41) is 0. The van der Waals surface area contributed by atoms with Crippen LogP contribution in [0.2, 0.25) is 0 Å². The zero-order valence-electron chi connectivity index (χ0n) is 13.4. The first-order valence-corrected chi connectivity index (χ1v) is 8.88. The largest absolute Gasteiger partial charge is 0.379 e. The average molecular weight is 285 g/mol. The molecule has 1 nitrogen and oxygen atoms in total. The Balaban J connectivity index is 1.46. The van der Waals surface area contributed by atoms with Crippen molar-refractivity contribution in [1.29, 1.82) is 0 Å². The standard InChI is InChI=1S/C20H29O/c1-2-21-20-14-12-19(13-15-20)18-10-8-17(9-11-18)16-6-4-3-5-7-16/h3-7,17-18,20H,2,8-15H2,1H3/t17-,18-. The molecule has 0 spiro atoms. The van der Waals surface area contributed by atoms with Crippen molar-refractivity contribution >= 4 is 0 Å². The van der Waals surface area contributed by atoms with Crippen LogP contribution >= 0.6 is 0 Å². The normalized spacial score (nSPS) is 28.6. The van der Waals surface area contributed by atoms with Gasteiger partial charge in [0.2, 0.25) is 0 Å². The van der Waals surface area contributed by atoms with E-state index in [1.165, 1.54) is 51.4 Å². The molecule has 0 atom stereocenters. The van der Waals surface area contributed by atoms with Crippen LogP contribution in [0, 0.1) is 11.8 Å². The van der Waals surface area contributed by atoms with E-state index < -0.39 is 0 Å². The van der Waals surface area contributed by atoms with Gasteiger partial charge >= 0.3 is 0 Å². The molecule has 1 heteroatoms. The van der Waals surface area contributed by atoms with Crippen molar-refractivity contribution < 1.29 is 4.74 Å². The third-order valence-corrected chi connectivity index (χ3v) is 5.55. The first kappa shape index (κ1) is 15.1. The van der Waals surface area contributed by atoms with Crippen molar-refractivity contribution in [3.63, 3.8) is 0 Å². The Hall–Kier alpha value is -0.820. The molecular formula is C20H29O. The number of hydrogen-bond donors (Lipinski definition) is 0. The topological polar surface area (TPSA) is 9.23 Å². The summed E-state index contributed by atoms with van der Waals surface area (Å²) in [7, 11) is 0. The van der Waals surface area contributed by atoms with E-state index in [1.54, 1.807) is 5.56 Å². The Morgan fingerprint density at radius 2 is 1.48 bits per heavy atom. The highest BCUT2D eigenvalue weighted by Gasteiger charge is 2.31. The fraction of sp³-hybridized carbons (Fsp3) is 0.650. The van der Waals surface area contributed by atoms with Gasteiger partial charge in [0.05, 0.1) is 6.10 Å². The van der Waals surface area contributed by atoms with Gasteiger partial charge in [-0.1, -0.05) is 30.3 Å². The van der Waals surface area contributed by atoms with Gasteiger partial charge in [-0.05, 0) is 81.6 Å². The van der Waals surface area contributed by atoms with Gasteiger partial charge in [-0.2, -0.15) is 0 Å². The van der Waals surface area contributed by atoms with Crippen molar-refractivity contribution in [1.82, 2.24) is 0 Å². The highest BCUT2D eigenvalue weighted by molar-refractivity contribution is 5.20. The quantitative estimate of drug-likeness (QED) is 0.708. The Kier molecular flexibility index (Phi) is 5.35. The summed E-state index contributed by atoms with van der Waals surface area (Å²) < 4.78 is 5.78. The molecule has 0 amide bonds. The van der Waals surface area contributed by atoms with E-state index in [0.29, 0.717) is 6.10 Å². The lowest BCUT2D eigenvalue weighted by Crippen LogP contribution is -2.27. The maximum atomic E-state index is 5.78. The summed E-state index contributed by atoms with van der Waals surface area (Å²) in [6, 6.07) is 11.1. The molecule has 0 heterocycles. The molecular weight excluding hydrogens is 256 g/mol. The molecule has 0 saturated heterocycles. The summed E-state index contributed by atoms with van der Waals surface area (Å²) in [4.78, 5) is 0. The second kappa shape index (κ2) is 7.45. The third-order valence-electron chi connectivity index (χ3n) is 5.55. The fourth-order valence-corrected chi connectivity index (χ4v) is 4.33. The maximum Gasteiger partial charge on any atom is 0.0575 e. The van der Waals surface area contributed by atoms with Gasteiger partial charge in [0, 0.05) is 6.61 Å². The van der Waals surface area contributed by atoms with E-state index in [1.807, 2.05) is 5.92 Å². The van der Waals surface area contributed by atoms with Crippen LogP contribution in [0.25, 0.3) is 0 Å². The molecule has 21 heavy (non-hydrogen) atoms. The zero-order chi connectivity index (χ0) is 14.5. The highest BCUT2D eigenvalue weighted by Crippen LogP contribution is 2.44. The predicted octanol–water partition coefficient (Wildman–Crippen LogP) is 5.51. The van der Waals surface area contributed by atoms with Crippen LogP contribution in [-0.2, 0) is 4.74 Å². The zero-order valence-corrected chi connectivity index (χ0v) is 13.4.